The van der Waals surface area contributed by atoms with Gasteiger partial charge < -0.3 is 15.5 Å². The number of aryl methyl sites for hydroxylation is 1. The van der Waals surface area contributed by atoms with E-state index in [0.29, 0.717) is 48.8 Å². The van der Waals surface area contributed by atoms with E-state index in [2.05, 4.69) is 15.2 Å². The van der Waals surface area contributed by atoms with Crippen molar-refractivity contribution < 1.29 is 14.0 Å². The van der Waals surface area contributed by atoms with E-state index >= 15 is 0 Å². The zero-order valence-electron chi connectivity index (χ0n) is 15.3. The molecule has 27 heavy (non-hydrogen) atoms. The van der Waals surface area contributed by atoms with Gasteiger partial charge in [0.2, 0.25) is 5.91 Å². The summed E-state index contributed by atoms with van der Waals surface area (Å²) in [6.07, 6.45) is 1.38. The molecular weight excluding hydrogens is 351 g/mol. The molecule has 0 spiro atoms. The van der Waals surface area contributed by atoms with Crippen LogP contribution in [0, 0.1) is 19.7 Å². The summed E-state index contributed by atoms with van der Waals surface area (Å²) in [6, 6.07) is 2.78. The second kappa shape index (κ2) is 7.65. The number of halogens is 1. The number of aromatic nitrogens is 3. The summed E-state index contributed by atoms with van der Waals surface area (Å²) in [5.41, 5.74) is 7.38. The Kier molecular flexibility index (Phi) is 5.29. The molecule has 9 heteroatoms. The van der Waals surface area contributed by atoms with E-state index in [1.807, 2.05) is 4.90 Å². The molecule has 2 amide bonds. The highest BCUT2D eigenvalue weighted by Gasteiger charge is 2.27. The second-order valence-corrected chi connectivity index (χ2v) is 6.45. The Hall–Kier alpha value is -3.10. The molecule has 0 radical (unpaired) electrons. The van der Waals surface area contributed by atoms with Gasteiger partial charge in [-0.05, 0) is 31.5 Å². The van der Waals surface area contributed by atoms with E-state index in [9.17, 15) is 14.0 Å². The number of anilines is 1. The SMILES string of the molecule is Cc1nnc(N2CCN(C(=O)Cc3ncccc3F)CC2)c(C(N)=O)c1C. The topological polar surface area (TPSA) is 105 Å². The smallest absolute Gasteiger partial charge is 0.252 e. The van der Waals surface area contributed by atoms with Gasteiger partial charge >= 0.3 is 0 Å². The lowest BCUT2D eigenvalue weighted by Gasteiger charge is -2.36. The summed E-state index contributed by atoms with van der Waals surface area (Å²) in [7, 11) is 0. The minimum absolute atomic E-state index is 0.0807. The molecule has 1 aliphatic rings. The first kappa shape index (κ1) is 18.7. The maximum Gasteiger partial charge on any atom is 0.252 e. The first-order valence-corrected chi connectivity index (χ1v) is 8.64. The van der Waals surface area contributed by atoms with E-state index in [1.54, 1.807) is 18.7 Å². The number of hydrogen-bond donors (Lipinski definition) is 1. The molecule has 3 rings (SSSR count). The normalized spacial score (nSPS) is 14.3. The van der Waals surface area contributed by atoms with Gasteiger partial charge in [-0.2, -0.15) is 5.10 Å². The fraction of sp³-hybridized carbons (Fsp3) is 0.389. The van der Waals surface area contributed by atoms with Crippen LogP contribution in [0.3, 0.4) is 0 Å². The Morgan fingerprint density at radius 2 is 1.89 bits per heavy atom. The standard InChI is InChI=1S/C18H21FN6O2/c1-11-12(2)22-23-18(16(11)17(20)27)25-8-6-24(7-9-25)15(26)10-14-13(19)4-3-5-21-14/h3-5H,6-10H2,1-2H3,(H2,20,27). The van der Waals surface area contributed by atoms with Crippen LogP contribution in [0.2, 0.25) is 0 Å². The summed E-state index contributed by atoms with van der Waals surface area (Å²) in [5, 5.41) is 8.23. The van der Waals surface area contributed by atoms with E-state index in [1.165, 1.54) is 18.3 Å². The summed E-state index contributed by atoms with van der Waals surface area (Å²) in [5.74, 6) is -0.785. The van der Waals surface area contributed by atoms with E-state index in [4.69, 9.17) is 5.73 Å². The Labute approximate surface area is 156 Å². The van der Waals surface area contributed by atoms with Crippen molar-refractivity contribution in [1.82, 2.24) is 20.1 Å². The Morgan fingerprint density at radius 1 is 1.19 bits per heavy atom. The fourth-order valence-corrected chi connectivity index (χ4v) is 3.08. The molecule has 0 atom stereocenters. The van der Waals surface area contributed by atoms with Gasteiger partial charge in [-0.15, -0.1) is 5.10 Å². The van der Waals surface area contributed by atoms with E-state index in [0.717, 1.165) is 0 Å². The molecule has 8 nitrogen and oxygen atoms in total. The van der Waals surface area contributed by atoms with Gasteiger partial charge in [-0.3, -0.25) is 14.6 Å². The minimum atomic E-state index is -0.551. The van der Waals surface area contributed by atoms with Gasteiger partial charge in [0, 0.05) is 32.4 Å². The van der Waals surface area contributed by atoms with Gasteiger partial charge in [-0.1, -0.05) is 0 Å². The van der Waals surface area contributed by atoms with Crippen molar-refractivity contribution in [2.75, 3.05) is 31.1 Å². The van der Waals surface area contributed by atoms with Gasteiger partial charge in [-0.25, -0.2) is 4.39 Å². The van der Waals surface area contributed by atoms with Crippen LogP contribution in [0.4, 0.5) is 10.2 Å². The van der Waals surface area contributed by atoms with Crippen molar-refractivity contribution in [3.63, 3.8) is 0 Å². The number of carbonyl (C=O) groups excluding carboxylic acids is 2. The fourth-order valence-electron chi connectivity index (χ4n) is 3.08. The number of piperazine rings is 1. The third-order valence-corrected chi connectivity index (χ3v) is 4.77. The van der Waals surface area contributed by atoms with Gasteiger partial charge in [0.05, 0.1) is 23.4 Å². The molecule has 2 aromatic heterocycles. The third kappa shape index (κ3) is 3.86. The molecule has 2 aromatic rings. The van der Waals surface area contributed by atoms with E-state index < -0.39 is 11.7 Å². The number of amides is 2. The van der Waals surface area contributed by atoms with Crippen molar-refractivity contribution >= 4 is 17.6 Å². The highest BCUT2D eigenvalue weighted by Crippen LogP contribution is 2.23. The van der Waals surface area contributed by atoms with Gasteiger partial charge in [0.25, 0.3) is 5.91 Å². The molecule has 0 aliphatic carbocycles. The largest absolute Gasteiger partial charge is 0.365 e. The molecule has 142 valence electrons. The molecule has 2 N–H and O–H groups in total. The first-order chi connectivity index (χ1) is 12.9. The Balaban J connectivity index is 1.69. The Bertz CT molecular complexity index is 880. The molecule has 0 unspecified atom stereocenters. The number of carbonyl (C=O) groups is 2. The van der Waals surface area contributed by atoms with Crippen LogP contribution >= 0.6 is 0 Å². The number of primary amides is 1. The highest BCUT2D eigenvalue weighted by molar-refractivity contribution is 5.99. The average Bonchev–Trinajstić information content (AvgIpc) is 2.65. The summed E-state index contributed by atoms with van der Waals surface area (Å²) in [4.78, 5) is 31.8. The summed E-state index contributed by atoms with van der Waals surface area (Å²) < 4.78 is 13.7. The van der Waals surface area contributed by atoms with Crippen LogP contribution in [0.1, 0.15) is 27.3 Å². The van der Waals surface area contributed by atoms with Crippen LogP contribution in [0.15, 0.2) is 18.3 Å². The van der Waals surface area contributed by atoms with Gasteiger partial charge in [0.1, 0.15) is 5.82 Å². The molecule has 0 aromatic carbocycles. The lowest BCUT2D eigenvalue weighted by molar-refractivity contribution is -0.130. The predicted octanol–water partition coefficient (Wildman–Crippen LogP) is 0.618. The quantitative estimate of drug-likeness (QED) is 0.843. The van der Waals surface area contributed by atoms with Crippen LogP contribution in [-0.2, 0) is 11.2 Å². The average molecular weight is 372 g/mol. The van der Waals surface area contributed by atoms with Crippen LogP contribution in [0.25, 0.3) is 0 Å². The lowest BCUT2D eigenvalue weighted by atomic mass is 10.1. The maximum atomic E-state index is 13.7. The predicted molar refractivity (Wildman–Crippen MR) is 96.7 cm³/mol. The molecule has 1 saturated heterocycles. The zero-order valence-corrected chi connectivity index (χ0v) is 15.3. The number of pyridine rings is 1. The highest BCUT2D eigenvalue weighted by atomic mass is 19.1. The molecule has 3 heterocycles. The number of rotatable bonds is 4. The third-order valence-electron chi connectivity index (χ3n) is 4.77. The first-order valence-electron chi connectivity index (χ1n) is 8.64. The van der Waals surface area contributed by atoms with Crippen molar-refractivity contribution in [2.45, 2.75) is 20.3 Å². The van der Waals surface area contributed by atoms with Crippen molar-refractivity contribution in [1.29, 1.82) is 0 Å². The molecular formula is C18H21FN6O2. The van der Waals surface area contributed by atoms with Crippen molar-refractivity contribution in [2.24, 2.45) is 5.73 Å². The molecule has 0 bridgehead atoms. The van der Waals surface area contributed by atoms with Crippen LogP contribution in [-0.4, -0.2) is 58.1 Å². The minimum Gasteiger partial charge on any atom is -0.365 e. The number of nitrogens with zero attached hydrogens (tertiary/aromatic N) is 5. The van der Waals surface area contributed by atoms with Crippen LogP contribution in [0.5, 0.6) is 0 Å². The summed E-state index contributed by atoms with van der Waals surface area (Å²) >= 11 is 0. The zero-order chi connectivity index (χ0) is 19.6. The Morgan fingerprint density at radius 3 is 2.52 bits per heavy atom. The van der Waals surface area contributed by atoms with Crippen LogP contribution < -0.4 is 10.6 Å². The molecule has 1 fully saturated rings. The van der Waals surface area contributed by atoms with Crippen molar-refractivity contribution in [3.8, 4) is 0 Å². The van der Waals surface area contributed by atoms with E-state index in [-0.39, 0.29) is 18.0 Å². The monoisotopic (exact) mass is 372 g/mol. The lowest BCUT2D eigenvalue weighted by Crippen LogP contribution is -2.50. The number of nitrogens with two attached hydrogens (primary N) is 1. The maximum absolute atomic E-state index is 13.7. The van der Waals surface area contributed by atoms with Crippen molar-refractivity contribution in [3.05, 3.63) is 46.7 Å². The molecule has 1 aliphatic heterocycles. The molecule has 0 saturated carbocycles. The second-order valence-electron chi connectivity index (χ2n) is 6.45. The summed E-state index contributed by atoms with van der Waals surface area (Å²) in [6.45, 7) is 5.38. The van der Waals surface area contributed by atoms with Gasteiger partial charge in [0.15, 0.2) is 5.82 Å². The number of hydrogen-bond acceptors (Lipinski definition) is 6.